The average Bonchev–Trinajstić information content (AvgIpc) is 2.98. The van der Waals surface area contributed by atoms with Gasteiger partial charge in [-0.1, -0.05) is 13.8 Å². The normalized spacial score (nSPS) is 13.9. The maximum Gasteiger partial charge on any atom is 0.263 e. The highest BCUT2D eigenvalue weighted by atomic mass is 32.1. The van der Waals surface area contributed by atoms with Gasteiger partial charge in [-0.05, 0) is 36.8 Å². The predicted molar refractivity (Wildman–Crippen MR) is 83.2 cm³/mol. The molecule has 0 saturated heterocycles. The zero-order valence-corrected chi connectivity index (χ0v) is 12.6. The SMILES string of the molecule is CC(C)CNC(=O)c1sc2nc3c(cc2c1N)CCC3. The first kappa shape index (κ1) is 13.4. The summed E-state index contributed by atoms with van der Waals surface area (Å²) in [7, 11) is 0. The number of carbonyl (C=O) groups excluding carboxylic acids is 1. The van der Waals surface area contributed by atoms with Gasteiger partial charge in [-0.2, -0.15) is 0 Å². The van der Waals surface area contributed by atoms with Crippen molar-refractivity contribution in [3.05, 3.63) is 22.2 Å². The number of pyridine rings is 1. The lowest BCUT2D eigenvalue weighted by atomic mass is 10.1. The van der Waals surface area contributed by atoms with Gasteiger partial charge in [0.15, 0.2) is 0 Å². The minimum atomic E-state index is -0.0839. The first-order valence-electron chi connectivity index (χ1n) is 7.05. The Morgan fingerprint density at radius 1 is 1.50 bits per heavy atom. The van der Waals surface area contributed by atoms with E-state index in [2.05, 4.69) is 30.2 Å². The fourth-order valence-electron chi connectivity index (χ4n) is 2.54. The van der Waals surface area contributed by atoms with Gasteiger partial charge in [-0.15, -0.1) is 11.3 Å². The molecule has 4 nitrogen and oxygen atoms in total. The van der Waals surface area contributed by atoms with E-state index in [1.807, 2.05) is 0 Å². The second kappa shape index (κ2) is 5.05. The Morgan fingerprint density at radius 2 is 2.30 bits per heavy atom. The van der Waals surface area contributed by atoms with Crippen molar-refractivity contribution >= 4 is 33.1 Å². The van der Waals surface area contributed by atoms with Crippen LogP contribution >= 0.6 is 11.3 Å². The molecule has 0 aromatic carbocycles. The van der Waals surface area contributed by atoms with Gasteiger partial charge in [0.1, 0.15) is 9.71 Å². The van der Waals surface area contributed by atoms with Gasteiger partial charge in [0.2, 0.25) is 0 Å². The Bertz CT molecular complexity index is 675. The number of fused-ring (bicyclic) bond motifs is 2. The number of amides is 1. The van der Waals surface area contributed by atoms with E-state index in [0.29, 0.717) is 23.0 Å². The summed E-state index contributed by atoms with van der Waals surface area (Å²) in [6.07, 6.45) is 3.28. The summed E-state index contributed by atoms with van der Waals surface area (Å²) in [6.45, 7) is 4.80. The van der Waals surface area contributed by atoms with Gasteiger partial charge < -0.3 is 11.1 Å². The summed E-state index contributed by atoms with van der Waals surface area (Å²) in [5, 5.41) is 3.86. The topological polar surface area (TPSA) is 68.0 Å². The largest absolute Gasteiger partial charge is 0.397 e. The van der Waals surface area contributed by atoms with Gasteiger partial charge in [0.25, 0.3) is 5.91 Å². The van der Waals surface area contributed by atoms with Crippen LogP contribution in [-0.2, 0) is 12.8 Å². The average molecular weight is 289 g/mol. The second-order valence-electron chi connectivity index (χ2n) is 5.75. The van der Waals surface area contributed by atoms with Gasteiger partial charge in [-0.25, -0.2) is 4.98 Å². The summed E-state index contributed by atoms with van der Waals surface area (Å²) in [6, 6.07) is 2.12. The molecule has 0 radical (unpaired) electrons. The first-order valence-corrected chi connectivity index (χ1v) is 7.87. The number of nitrogens with zero attached hydrogens (tertiary/aromatic N) is 1. The third kappa shape index (κ3) is 2.26. The molecule has 2 heterocycles. The highest BCUT2D eigenvalue weighted by molar-refractivity contribution is 7.21. The van der Waals surface area contributed by atoms with Crippen LogP contribution in [0.25, 0.3) is 10.2 Å². The molecule has 2 aromatic heterocycles. The number of anilines is 1. The van der Waals surface area contributed by atoms with Crippen LogP contribution in [0, 0.1) is 5.92 Å². The van der Waals surface area contributed by atoms with Crippen molar-refractivity contribution < 1.29 is 4.79 Å². The smallest absolute Gasteiger partial charge is 0.263 e. The Labute approximate surface area is 122 Å². The van der Waals surface area contributed by atoms with Gasteiger partial charge in [-0.3, -0.25) is 4.79 Å². The van der Waals surface area contributed by atoms with Crippen molar-refractivity contribution in [3.8, 4) is 0 Å². The van der Waals surface area contributed by atoms with E-state index < -0.39 is 0 Å². The van der Waals surface area contributed by atoms with Gasteiger partial charge in [0, 0.05) is 17.6 Å². The fraction of sp³-hybridized carbons (Fsp3) is 0.467. The van der Waals surface area contributed by atoms with Crippen LogP contribution in [0.1, 0.15) is 41.2 Å². The maximum atomic E-state index is 12.2. The lowest BCUT2D eigenvalue weighted by Gasteiger charge is -2.06. The molecule has 1 aliphatic rings. The first-order chi connectivity index (χ1) is 9.56. The van der Waals surface area contributed by atoms with Crippen molar-refractivity contribution in [2.45, 2.75) is 33.1 Å². The molecule has 3 N–H and O–H groups in total. The van der Waals surface area contributed by atoms with E-state index in [9.17, 15) is 4.79 Å². The number of carbonyl (C=O) groups is 1. The highest BCUT2D eigenvalue weighted by Gasteiger charge is 2.20. The molecule has 0 unspecified atom stereocenters. The number of aryl methyl sites for hydroxylation is 2. The van der Waals surface area contributed by atoms with Crippen molar-refractivity contribution in [2.24, 2.45) is 5.92 Å². The van der Waals surface area contributed by atoms with Crippen LogP contribution in [-0.4, -0.2) is 17.4 Å². The molecule has 0 bridgehead atoms. The summed E-state index contributed by atoms with van der Waals surface area (Å²) >= 11 is 1.40. The molecule has 0 aliphatic heterocycles. The van der Waals surface area contributed by atoms with Crippen LogP contribution < -0.4 is 11.1 Å². The second-order valence-corrected chi connectivity index (χ2v) is 6.75. The number of aromatic nitrogens is 1. The van der Waals surface area contributed by atoms with E-state index in [4.69, 9.17) is 5.73 Å². The van der Waals surface area contributed by atoms with Crippen LogP contribution in [0.15, 0.2) is 6.07 Å². The summed E-state index contributed by atoms with van der Waals surface area (Å²) in [5.74, 6) is 0.343. The third-order valence-electron chi connectivity index (χ3n) is 3.63. The molecule has 20 heavy (non-hydrogen) atoms. The Morgan fingerprint density at radius 3 is 3.05 bits per heavy atom. The molecule has 0 atom stereocenters. The van der Waals surface area contributed by atoms with Crippen molar-refractivity contribution in [1.82, 2.24) is 10.3 Å². The predicted octanol–water partition coefficient (Wildman–Crippen LogP) is 2.75. The minimum Gasteiger partial charge on any atom is -0.397 e. The molecule has 0 fully saturated rings. The minimum absolute atomic E-state index is 0.0839. The number of nitrogens with one attached hydrogen (secondary N) is 1. The molecule has 1 aliphatic carbocycles. The summed E-state index contributed by atoms with van der Waals surface area (Å²) in [5.41, 5.74) is 9.19. The summed E-state index contributed by atoms with van der Waals surface area (Å²) < 4.78 is 0. The number of nitrogens with two attached hydrogens (primary N) is 1. The quantitative estimate of drug-likeness (QED) is 0.913. The number of nitrogen functional groups attached to an aromatic ring is 1. The van der Waals surface area contributed by atoms with E-state index in [0.717, 1.165) is 23.1 Å². The molecule has 3 rings (SSSR count). The molecular formula is C15H19N3OS. The Balaban J connectivity index is 1.97. The molecule has 5 heteroatoms. The number of rotatable bonds is 3. The van der Waals surface area contributed by atoms with Crippen LogP contribution in [0.5, 0.6) is 0 Å². The number of hydrogen-bond donors (Lipinski definition) is 2. The lowest BCUT2D eigenvalue weighted by molar-refractivity contribution is 0.0954. The standard InChI is InChI=1S/C15H19N3OS/c1-8(2)7-17-14(19)13-12(16)10-6-9-4-3-5-11(9)18-15(10)20-13/h6,8H,3-5,7,16H2,1-2H3,(H,17,19). The van der Waals surface area contributed by atoms with E-state index in [1.54, 1.807) is 0 Å². The van der Waals surface area contributed by atoms with Crippen molar-refractivity contribution in [3.63, 3.8) is 0 Å². The molecule has 1 amide bonds. The van der Waals surface area contributed by atoms with Crippen LogP contribution in [0.4, 0.5) is 5.69 Å². The Hall–Kier alpha value is -1.62. The van der Waals surface area contributed by atoms with E-state index >= 15 is 0 Å². The zero-order chi connectivity index (χ0) is 14.3. The van der Waals surface area contributed by atoms with E-state index in [1.165, 1.54) is 29.0 Å². The molecule has 0 saturated carbocycles. The molecule has 2 aromatic rings. The monoisotopic (exact) mass is 289 g/mol. The van der Waals surface area contributed by atoms with Crippen LogP contribution in [0.3, 0.4) is 0 Å². The molecule has 0 spiro atoms. The lowest BCUT2D eigenvalue weighted by Crippen LogP contribution is -2.27. The Kier molecular flexibility index (Phi) is 3.38. The summed E-state index contributed by atoms with van der Waals surface area (Å²) in [4.78, 5) is 18.3. The van der Waals surface area contributed by atoms with Gasteiger partial charge in [0.05, 0.1) is 5.69 Å². The molecular weight excluding hydrogens is 270 g/mol. The maximum absolute atomic E-state index is 12.2. The van der Waals surface area contributed by atoms with Crippen molar-refractivity contribution in [1.29, 1.82) is 0 Å². The zero-order valence-electron chi connectivity index (χ0n) is 11.8. The molecule has 106 valence electrons. The van der Waals surface area contributed by atoms with Crippen molar-refractivity contribution in [2.75, 3.05) is 12.3 Å². The number of thiophene rings is 1. The van der Waals surface area contributed by atoms with Gasteiger partial charge >= 0.3 is 0 Å². The highest BCUT2D eigenvalue weighted by Crippen LogP contribution is 2.35. The fourth-order valence-corrected chi connectivity index (χ4v) is 3.56. The van der Waals surface area contributed by atoms with Crippen LogP contribution in [0.2, 0.25) is 0 Å². The number of hydrogen-bond acceptors (Lipinski definition) is 4. The third-order valence-corrected chi connectivity index (χ3v) is 4.74. The van der Waals surface area contributed by atoms with E-state index in [-0.39, 0.29) is 5.91 Å².